The summed E-state index contributed by atoms with van der Waals surface area (Å²) in [6.45, 7) is 3.80. The number of para-hydroxylation sites is 2. The van der Waals surface area contributed by atoms with E-state index in [2.05, 4.69) is 17.6 Å². The number of fused-ring (bicyclic) bond motifs is 1. The van der Waals surface area contributed by atoms with Crippen LogP contribution in [0.15, 0.2) is 48.5 Å². The number of carbonyl (C=O) groups is 1. The summed E-state index contributed by atoms with van der Waals surface area (Å²) >= 11 is -2.31. The summed E-state index contributed by atoms with van der Waals surface area (Å²) in [5.74, 6) is 0.913. The lowest BCUT2D eigenvalue weighted by Gasteiger charge is -2.16. The van der Waals surface area contributed by atoms with Crippen molar-refractivity contribution in [1.29, 1.82) is 0 Å². The standard InChI is InChI=1S/C21H23N3O4S/c1-2-24-19-6-4-3-5-18(19)22-20(24)13-15-7-9-16(10-8-15)21(25)23-12-11-17(14-23)28-29(26)27/h3-10,17H,2,11-14H2,1H3,(H,26,27). The molecule has 1 aliphatic rings. The van der Waals surface area contributed by atoms with Gasteiger partial charge in [0, 0.05) is 31.6 Å². The Morgan fingerprint density at radius 3 is 2.72 bits per heavy atom. The summed E-state index contributed by atoms with van der Waals surface area (Å²) in [6.07, 6.45) is 0.855. The monoisotopic (exact) mass is 413 g/mol. The van der Waals surface area contributed by atoms with Gasteiger partial charge in [0.25, 0.3) is 5.91 Å². The molecule has 2 heterocycles. The highest BCUT2D eigenvalue weighted by molar-refractivity contribution is 7.74. The van der Waals surface area contributed by atoms with E-state index >= 15 is 0 Å². The van der Waals surface area contributed by atoms with Gasteiger partial charge in [0.15, 0.2) is 0 Å². The van der Waals surface area contributed by atoms with Crippen LogP contribution < -0.4 is 0 Å². The minimum absolute atomic E-state index is 0.0906. The van der Waals surface area contributed by atoms with Gasteiger partial charge in [0.2, 0.25) is 0 Å². The molecule has 8 heteroatoms. The largest absolute Gasteiger partial charge is 0.336 e. The van der Waals surface area contributed by atoms with E-state index in [0.29, 0.717) is 31.5 Å². The molecule has 1 saturated heterocycles. The average molecular weight is 413 g/mol. The van der Waals surface area contributed by atoms with Crippen LogP contribution >= 0.6 is 0 Å². The van der Waals surface area contributed by atoms with Gasteiger partial charge in [0.05, 0.1) is 17.1 Å². The van der Waals surface area contributed by atoms with Crippen molar-refractivity contribution < 1.29 is 17.7 Å². The number of rotatable bonds is 6. The second kappa shape index (κ2) is 8.44. The first-order valence-corrected chi connectivity index (χ1v) is 10.7. The summed E-state index contributed by atoms with van der Waals surface area (Å²) < 4.78 is 26.7. The van der Waals surface area contributed by atoms with Gasteiger partial charge < -0.3 is 9.47 Å². The molecule has 1 fully saturated rings. The molecular weight excluding hydrogens is 390 g/mol. The van der Waals surface area contributed by atoms with E-state index in [1.54, 1.807) is 4.90 Å². The van der Waals surface area contributed by atoms with Crippen LogP contribution in [-0.4, -0.2) is 48.3 Å². The number of hydrogen-bond acceptors (Lipinski definition) is 4. The summed E-state index contributed by atoms with van der Waals surface area (Å²) in [5, 5.41) is 0. The Hall–Kier alpha value is -2.55. The molecule has 0 spiro atoms. The van der Waals surface area contributed by atoms with Crippen molar-refractivity contribution in [3.05, 3.63) is 65.5 Å². The van der Waals surface area contributed by atoms with Crippen LogP contribution in [0.4, 0.5) is 0 Å². The summed E-state index contributed by atoms with van der Waals surface area (Å²) in [5.41, 5.74) is 3.81. The molecule has 2 aromatic carbocycles. The number of imidazole rings is 1. The van der Waals surface area contributed by atoms with Gasteiger partial charge >= 0.3 is 11.4 Å². The number of hydrogen-bond donors (Lipinski definition) is 1. The number of carbonyl (C=O) groups excluding carboxylic acids is 1. The zero-order valence-corrected chi connectivity index (χ0v) is 17.0. The number of amides is 1. The summed E-state index contributed by atoms with van der Waals surface area (Å²) in [7, 11) is 0. The second-order valence-corrected chi connectivity index (χ2v) is 7.74. The van der Waals surface area contributed by atoms with Gasteiger partial charge in [-0.2, -0.15) is 4.21 Å². The normalized spacial score (nSPS) is 17.7. The molecule has 7 nitrogen and oxygen atoms in total. The van der Waals surface area contributed by atoms with Gasteiger partial charge in [0.1, 0.15) is 5.82 Å². The van der Waals surface area contributed by atoms with Crippen molar-refractivity contribution in [2.24, 2.45) is 0 Å². The maximum Gasteiger partial charge on any atom is 0.302 e. The van der Waals surface area contributed by atoms with Crippen molar-refractivity contribution in [2.45, 2.75) is 32.4 Å². The van der Waals surface area contributed by atoms with Crippen LogP contribution in [0.2, 0.25) is 0 Å². The lowest BCUT2D eigenvalue weighted by atomic mass is 10.1. The highest BCUT2D eigenvalue weighted by Gasteiger charge is 2.28. The van der Waals surface area contributed by atoms with E-state index in [9.17, 15) is 9.00 Å². The lowest BCUT2D eigenvalue weighted by Crippen LogP contribution is -2.30. The molecule has 0 radical (unpaired) electrons. The molecule has 1 aromatic heterocycles. The van der Waals surface area contributed by atoms with E-state index in [4.69, 9.17) is 13.7 Å². The third-order valence-corrected chi connectivity index (χ3v) is 5.70. The molecule has 1 N–H and O–H groups in total. The lowest BCUT2D eigenvalue weighted by molar-refractivity contribution is 0.0773. The van der Waals surface area contributed by atoms with Gasteiger partial charge in [-0.15, -0.1) is 0 Å². The SMILES string of the molecule is CCn1c(Cc2ccc(C(=O)N3CCC(OS(=O)O)C3)cc2)nc2ccccc21. The molecule has 0 saturated carbocycles. The zero-order valence-electron chi connectivity index (χ0n) is 16.2. The molecule has 2 atom stereocenters. The smallest absolute Gasteiger partial charge is 0.302 e. The minimum Gasteiger partial charge on any atom is -0.336 e. The van der Waals surface area contributed by atoms with Crippen molar-refractivity contribution >= 4 is 28.3 Å². The number of likely N-dealkylation sites (tertiary alicyclic amines) is 1. The predicted octanol–water partition coefficient (Wildman–Crippen LogP) is 3.01. The van der Waals surface area contributed by atoms with Crippen molar-refractivity contribution in [2.75, 3.05) is 13.1 Å². The van der Waals surface area contributed by atoms with Crippen LogP contribution in [0.1, 0.15) is 35.1 Å². The number of aromatic nitrogens is 2. The fourth-order valence-electron chi connectivity index (χ4n) is 3.85. The quantitative estimate of drug-likeness (QED) is 0.628. The molecule has 0 aliphatic carbocycles. The van der Waals surface area contributed by atoms with Gasteiger partial charge in [-0.3, -0.25) is 13.5 Å². The van der Waals surface area contributed by atoms with Crippen LogP contribution in [0.5, 0.6) is 0 Å². The fourth-order valence-corrected chi connectivity index (χ4v) is 4.24. The van der Waals surface area contributed by atoms with Gasteiger partial charge in [-0.05, 0) is 43.2 Å². The molecule has 2 unspecified atom stereocenters. The maximum atomic E-state index is 12.7. The molecule has 152 valence electrons. The van der Waals surface area contributed by atoms with Crippen molar-refractivity contribution in [1.82, 2.24) is 14.5 Å². The van der Waals surface area contributed by atoms with Gasteiger partial charge in [-0.25, -0.2) is 4.98 Å². The Kier molecular flexibility index (Phi) is 5.75. The van der Waals surface area contributed by atoms with E-state index in [1.807, 2.05) is 42.5 Å². The highest BCUT2D eigenvalue weighted by atomic mass is 32.2. The van der Waals surface area contributed by atoms with Gasteiger partial charge in [-0.1, -0.05) is 24.3 Å². The predicted molar refractivity (Wildman–Crippen MR) is 111 cm³/mol. The first kappa shape index (κ1) is 19.8. The van der Waals surface area contributed by atoms with E-state index in [-0.39, 0.29) is 5.91 Å². The van der Waals surface area contributed by atoms with E-state index in [1.165, 1.54) is 0 Å². The Labute approximate surface area is 171 Å². The van der Waals surface area contributed by atoms with Crippen LogP contribution in [0.25, 0.3) is 11.0 Å². The zero-order chi connectivity index (χ0) is 20.4. The number of nitrogens with zero attached hydrogens (tertiary/aromatic N) is 3. The first-order valence-electron chi connectivity index (χ1n) is 9.65. The molecule has 1 amide bonds. The molecule has 0 bridgehead atoms. The summed E-state index contributed by atoms with van der Waals surface area (Å²) in [4.78, 5) is 19.1. The summed E-state index contributed by atoms with van der Waals surface area (Å²) in [6, 6.07) is 15.7. The van der Waals surface area contributed by atoms with E-state index in [0.717, 1.165) is 29.0 Å². The van der Waals surface area contributed by atoms with Crippen molar-refractivity contribution in [3.8, 4) is 0 Å². The fraction of sp³-hybridized carbons (Fsp3) is 0.333. The highest BCUT2D eigenvalue weighted by Crippen LogP contribution is 2.20. The third-order valence-electron chi connectivity index (χ3n) is 5.26. The Balaban J connectivity index is 1.46. The maximum absolute atomic E-state index is 12.7. The molecule has 1 aliphatic heterocycles. The van der Waals surface area contributed by atoms with Crippen molar-refractivity contribution in [3.63, 3.8) is 0 Å². The Morgan fingerprint density at radius 1 is 1.24 bits per heavy atom. The first-order chi connectivity index (χ1) is 14.0. The Bertz CT molecular complexity index is 1050. The molecule has 29 heavy (non-hydrogen) atoms. The molecule has 4 rings (SSSR count). The molecule has 3 aromatic rings. The Morgan fingerprint density at radius 2 is 2.00 bits per heavy atom. The number of aryl methyl sites for hydroxylation is 1. The minimum atomic E-state index is -2.31. The van der Waals surface area contributed by atoms with Crippen LogP contribution in [-0.2, 0) is 28.5 Å². The molecular formula is C21H23N3O4S. The second-order valence-electron chi connectivity index (χ2n) is 7.11. The topological polar surface area (TPSA) is 84.7 Å². The third kappa shape index (κ3) is 4.24. The number of benzene rings is 2. The van der Waals surface area contributed by atoms with Crippen LogP contribution in [0, 0.1) is 0 Å². The van der Waals surface area contributed by atoms with E-state index < -0.39 is 17.5 Å². The van der Waals surface area contributed by atoms with Crippen LogP contribution in [0.3, 0.4) is 0 Å². The average Bonchev–Trinajstić information content (AvgIpc) is 3.31.